The van der Waals surface area contributed by atoms with Crippen LogP contribution < -0.4 is 10.1 Å². The van der Waals surface area contributed by atoms with E-state index in [4.69, 9.17) is 20.9 Å². The van der Waals surface area contributed by atoms with E-state index in [0.717, 1.165) is 56.0 Å². The van der Waals surface area contributed by atoms with Gasteiger partial charge in [0.25, 0.3) is 0 Å². The molecule has 7 nitrogen and oxygen atoms in total. The van der Waals surface area contributed by atoms with Crippen molar-refractivity contribution >= 4 is 34.4 Å². The van der Waals surface area contributed by atoms with Crippen LogP contribution in [0, 0.1) is 11.8 Å². The number of piperidine rings is 1. The summed E-state index contributed by atoms with van der Waals surface area (Å²) in [5.41, 5.74) is 1.88. The average molecular weight is 503 g/mol. The molecule has 1 N–H and O–H groups in total. The fourth-order valence-electron chi connectivity index (χ4n) is 5.34. The molecule has 0 bridgehead atoms. The van der Waals surface area contributed by atoms with E-state index in [0.29, 0.717) is 28.3 Å². The van der Waals surface area contributed by atoms with Gasteiger partial charge in [-0.2, -0.15) is 0 Å². The minimum atomic E-state index is -0.113. The van der Waals surface area contributed by atoms with Gasteiger partial charge < -0.3 is 14.2 Å². The lowest BCUT2D eigenvalue weighted by Gasteiger charge is -2.34. The summed E-state index contributed by atoms with van der Waals surface area (Å²) in [6, 6.07) is 23.0. The molecule has 6 rings (SSSR count). The lowest BCUT2D eigenvalue weighted by Crippen LogP contribution is -2.45. The van der Waals surface area contributed by atoms with Gasteiger partial charge in [-0.05, 0) is 72.4 Å². The van der Waals surface area contributed by atoms with Crippen molar-refractivity contribution in [1.82, 2.24) is 15.0 Å². The molecule has 4 aromatic rings. The van der Waals surface area contributed by atoms with Gasteiger partial charge in [-0.15, -0.1) is 0 Å². The number of anilines is 1. The Bertz CT molecular complexity index is 1370. The van der Waals surface area contributed by atoms with Crippen molar-refractivity contribution in [3.8, 4) is 11.5 Å². The first-order valence-corrected chi connectivity index (χ1v) is 12.6. The third kappa shape index (κ3) is 4.90. The number of halogens is 1. The second kappa shape index (κ2) is 9.84. The highest BCUT2D eigenvalue weighted by molar-refractivity contribution is 6.30. The molecule has 184 valence electrons. The maximum absolute atomic E-state index is 13.0. The van der Waals surface area contributed by atoms with Gasteiger partial charge in [-0.25, -0.2) is 4.79 Å². The second-order valence-corrected chi connectivity index (χ2v) is 10.0. The number of nitrogens with one attached hydrogen (secondary N) is 1. The molecule has 2 amide bonds. The molecule has 0 radical (unpaired) electrons. The monoisotopic (exact) mass is 502 g/mol. The van der Waals surface area contributed by atoms with Crippen molar-refractivity contribution in [2.45, 2.75) is 13.0 Å². The molecule has 0 saturated carbocycles. The highest BCUT2D eigenvalue weighted by Crippen LogP contribution is 2.33. The molecular formula is C28H27ClN4O3. The maximum Gasteiger partial charge on any atom is 0.323 e. The molecule has 2 saturated heterocycles. The number of hydrogen-bond donors (Lipinski definition) is 1. The molecule has 1 aromatic heterocycles. The third-order valence-electron chi connectivity index (χ3n) is 7.12. The normalized spacial score (nSPS) is 19.9. The second-order valence-electron chi connectivity index (χ2n) is 9.61. The van der Waals surface area contributed by atoms with Gasteiger partial charge >= 0.3 is 6.03 Å². The van der Waals surface area contributed by atoms with Crippen LogP contribution in [0.5, 0.6) is 11.5 Å². The molecule has 2 aliphatic rings. The van der Waals surface area contributed by atoms with Crippen LogP contribution in [0.4, 0.5) is 10.6 Å². The Morgan fingerprint density at radius 3 is 2.72 bits per heavy atom. The van der Waals surface area contributed by atoms with Crippen molar-refractivity contribution in [3.63, 3.8) is 0 Å². The van der Waals surface area contributed by atoms with Gasteiger partial charge in [-0.1, -0.05) is 41.0 Å². The number of carbonyl (C=O) groups is 1. The van der Waals surface area contributed by atoms with Gasteiger partial charge in [0.05, 0.1) is 5.39 Å². The first-order chi connectivity index (χ1) is 17.6. The van der Waals surface area contributed by atoms with Crippen molar-refractivity contribution < 1.29 is 14.1 Å². The van der Waals surface area contributed by atoms with Crippen molar-refractivity contribution in [2.24, 2.45) is 11.8 Å². The van der Waals surface area contributed by atoms with E-state index >= 15 is 0 Å². The lowest BCUT2D eigenvalue weighted by molar-refractivity contribution is 0.161. The number of nitrogens with zero attached hydrogens (tertiary/aromatic N) is 3. The number of fused-ring (bicyclic) bond motifs is 2. The summed E-state index contributed by atoms with van der Waals surface area (Å²) < 4.78 is 11.3. The topological polar surface area (TPSA) is 70.8 Å². The van der Waals surface area contributed by atoms with Crippen LogP contribution in [0.15, 0.2) is 77.3 Å². The number of benzene rings is 3. The van der Waals surface area contributed by atoms with Crippen molar-refractivity contribution in [1.29, 1.82) is 0 Å². The van der Waals surface area contributed by atoms with E-state index in [9.17, 15) is 4.79 Å². The fourth-order valence-corrected chi connectivity index (χ4v) is 5.47. The zero-order valence-electron chi connectivity index (χ0n) is 19.8. The standard InChI is InChI=1S/C28H27ClN4O3/c29-22-8-10-23(11-9-22)35-24-5-3-4-19(14-24)15-32-16-20-12-13-33(18-21(20)17-32)28(34)30-27-25-6-1-2-7-26(25)36-31-27/h1-11,14,20-21H,12-13,15-18H2,(H,30,31,34)/t20-,21+/m1/s1. The van der Waals surface area contributed by atoms with Crippen LogP contribution in [0.3, 0.4) is 0 Å². The molecule has 36 heavy (non-hydrogen) atoms. The van der Waals surface area contributed by atoms with Crippen molar-refractivity contribution in [3.05, 3.63) is 83.4 Å². The first-order valence-electron chi connectivity index (χ1n) is 12.3. The third-order valence-corrected chi connectivity index (χ3v) is 7.37. The van der Waals surface area contributed by atoms with Gasteiger partial charge in [-0.3, -0.25) is 10.2 Å². The number of hydrogen-bond acceptors (Lipinski definition) is 5. The first kappa shape index (κ1) is 22.9. The zero-order chi connectivity index (χ0) is 24.5. The van der Waals surface area contributed by atoms with E-state index < -0.39 is 0 Å². The summed E-state index contributed by atoms with van der Waals surface area (Å²) in [6.07, 6.45) is 1.01. The summed E-state index contributed by atoms with van der Waals surface area (Å²) in [6.45, 7) is 4.39. The number of rotatable bonds is 5. The zero-order valence-corrected chi connectivity index (χ0v) is 20.5. The number of likely N-dealkylation sites (tertiary alicyclic amines) is 2. The fraction of sp³-hybridized carbons (Fsp3) is 0.286. The van der Waals surface area contributed by atoms with Crippen LogP contribution in [0.25, 0.3) is 11.0 Å². The number of aromatic nitrogens is 1. The molecule has 2 fully saturated rings. The smallest absolute Gasteiger partial charge is 0.323 e. The highest BCUT2D eigenvalue weighted by Gasteiger charge is 2.38. The Morgan fingerprint density at radius 2 is 1.83 bits per heavy atom. The number of carbonyl (C=O) groups excluding carboxylic acids is 1. The quantitative estimate of drug-likeness (QED) is 0.349. The minimum Gasteiger partial charge on any atom is -0.457 e. The Kier molecular flexibility index (Phi) is 6.25. The van der Waals surface area contributed by atoms with E-state index in [-0.39, 0.29) is 6.03 Å². The summed E-state index contributed by atoms with van der Waals surface area (Å²) >= 11 is 5.97. The predicted octanol–water partition coefficient (Wildman–Crippen LogP) is 6.26. The lowest BCUT2D eigenvalue weighted by atomic mass is 9.89. The molecule has 0 aliphatic carbocycles. The van der Waals surface area contributed by atoms with E-state index in [1.54, 1.807) is 0 Å². The number of ether oxygens (including phenoxy) is 1. The largest absolute Gasteiger partial charge is 0.457 e. The average Bonchev–Trinajstić information content (AvgIpc) is 3.48. The SMILES string of the molecule is O=C(Nc1noc2ccccc12)N1CC[C@@H]2CN(Cc3cccc(Oc4ccc(Cl)cc4)c3)C[C@H]2C1. The van der Waals surface area contributed by atoms with E-state index in [1.807, 2.05) is 65.6 Å². The van der Waals surface area contributed by atoms with Crippen LogP contribution in [0.2, 0.25) is 5.02 Å². The Balaban J connectivity index is 1.05. The summed E-state index contributed by atoms with van der Waals surface area (Å²) in [5, 5.41) is 8.48. The summed E-state index contributed by atoms with van der Waals surface area (Å²) in [5.74, 6) is 3.13. The molecule has 2 aliphatic heterocycles. The van der Waals surface area contributed by atoms with Gasteiger partial charge in [0.2, 0.25) is 0 Å². The molecule has 0 unspecified atom stereocenters. The molecular weight excluding hydrogens is 476 g/mol. The molecule has 3 aromatic carbocycles. The van der Waals surface area contributed by atoms with E-state index in [2.05, 4.69) is 27.5 Å². The van der Waals surface area contributed by atoms with Gasteiger partial charge in [0, 0.05) is 37.7 Å². The van der Waals surface area contributed by atoms with Crippen LogP contribution in [-0.4, -0.2) is 47.2 Å². The number of amides is 2. The number of urea groups is 1. The van der Waals surface area contributed by atoms with Crippen LogP contribution in [-0.2, 0) is 6.54 Å². The molecule has 2 atom stereocenters. The van der Waals surface area contributed by atoms with Gasteiger partial charge in [0.15, 0.2) is 11.4 Å². The molecule has 3 heterocycles. The highest BCUT2D eigenvalue weighted by atomic mass is 35.5. The summed E-state index contributed by atoms with van der Waals surface area (Å²) in [4.78, 5) is 17.4. The van der Waals surface area contributed by atoms with Crippen LogP contribution in [0.1, 0.15) is 12.0 Å². The summed E-state index contributed by atoms with van der Waals surface area (Å²) in [7, 11) is 0. The molecule has 0 spiro atoms. The Morgan fingerprint density at radius 1 is 1.00 bits per heavy atom. The maximum atomic E-state index is 13.0. The Labute approximate surface area is 214 Å². The molecule has 8 heteroatoms. The number of para-hydroxylation sites is 1. The van der Waals surface area contributed by atoms with E-state index in [1.165, 1.54) is 5.56 Å². The Hall–Kier alpha value is -3.55. The van der Waals surface area contributed by atoms with Crippen LogP contribution >= 0.6 is 11.6 Å². The van der Waals surface area contributed by atoms with Crippen molar-refractivity contribution in [2.75, 3.05) is 31.5 Å². The predicted molar refractivity (Wildman–Crippen MR) is 139 cm³/mol. The minimum absolute atomic E-state index is 0.113. The van der Waals surface area contributed by atoms with Gasteiger partial charge in [0.1, 0.15) is 11.5 Å².